The summed E-state index contributed by atoms with van der Waals surface area (Å²) in [7, 11) is 0. The topological polar surface area (TPSA) is 99.1 Å². The van der Waals surface area contributed by atoms with Crippen LogP contribution in [0, 0.1) is 16.7 Å². The van der Waals surface area contributed by atoms with Crippen LogP contribution in [0.4, 0.5) is 0 Å². The summed E-state index contributed by atoms with van der Waals surface area (Å²) in [5.41, 5.74) is 2.70. The molecule has 1 unspecified atom stereocenters. The Morgan fingerprint density at radius 1 is 1.03 bits per heavy atom. The van der Waals surface area contributed by atoms with Gasteiger partial charge < -0.3 is 19.3 Å². The minimum atomic E-state index is -1.27. The van der Waals surface area contributed by atoms with Crippen molar-refractivity contribution in [3.63, 3.8) is 0 Å². The zero-order chi connectivity index (χ0) is 25.1. The molecule has 0 aromatic carbocycles. The SMILES string of the molecule is CC(=O)OC(O)/C=C(\C)CCC1=C(C)[C@H](OC(C)=O)[C@@H](OC(C)=O)[C@H]2C(C)(C)CCC[C@]12C. The predicted octanol–water partition coefficient (Wildman–Crippen LogP) is 4.62. The number of hydrogen-bond donors (Lipinski definition) is 1. The highest BCUT2D eigenvalue weighted by molar-refractivity contribution is 5.68. The molecule has 7 heteroatoms. The molecule has 1 fully saturated rings. The summed E-state index contributed by atoms with van der Waals surface area (Å²) in [4.78, 5) is 35.2. The standard InChI is InChI=1S/C26H40O7/c1-15(14-21(30)31-17(3)27)10-11-20-16(2)22(32-18(4)28)23(33-19(5)29)24-25(6,7)12-9-13-26(20,24)8/h14,21-24,30H,9-13H2,1-8H3/b15-14+/t21?,22-,23+,24-,26+/m0/s1. The van der Waals surface area contributed by atoms with Gasteiger partial charge in [0, 0.05) is 26.7 Å². The van der Waals surface area contributed by atoms with Gasteiger partial charge >= 0.3 is 17.9 Å². The van der Waals surface area contributed by atoms with Gasteiger partial charge in [0.2, 0.25) is 6.29 Å². The van der Waals surface area contributed by atoms with E-state index in [1.165, 1.54) is 32.4 Å². The number of hydrogen-bond acceptors (Lipinski definition) is 7. The van der Waals surface area contributed by atoms with Crippen molar-refractivity contribution in [2.45, 2.75) is 106 Å². The van der Waals surface area contributed by atoms with Gasteiger partial charge in [0.1, 0.15) is 6.10 Å². The van der Waals surface area contributed by atoms with Crippen molar-refractivity contribution in [1.82, 2.24) is 0 Å². The van der Waals surface area contributed by atoms with E-state index in [2.05, 4.69) is 20.8 Å². The molecule has 1 saturated carbocycles. The van der Waals surface area contributed by atoms with Gasteiger partial charge in [-0.3, -0.25) is 14.4 Å². The van der Waals surface area contributed by atoms with Gasteiger partial charge in [-0.1, -0.05) is 38.3 Å². The number of carbonyl (C=O) groups is 3. The fourth-order valence-electron chi connectivity index (χ4n) is 6.27. The first kappa shape index (κ1) is 27.1. The summed E-state index contributed by atoms with van der Waals surface area (Å²) in [5, 5.41) is 9.91. The smallest absolute Gasteiger partial charge is 0.305 e. The lowest BCUT2D eigenvalue weighted by Gasteiger charge is -2.58. The molecular weight excluding hydrogens is 424 g/mol. The van der Waals surface area contributed by atoms with Crippen LogP contribution in [-0.2, 0) is 28.6 Å². The van der Waals surface area contributed by atoms with E-state index in [4.69, 9.17) is 14.2 Å². The molecule has 5 atom stereocenters. The van der Waals surface area contributed by atoms with E-state index in [9.17, 15) is 19.5 Å². The molecule has 0 saturated heterocycles. The van der Waals surface area contributed by atoms with E-state index < -0.39 is 30.4 Å². The second-order valence-corrected chi connectivity index (χ2v) is 10.5. The molecular formula is C26H40O7. The second kappa shape index (κ2) is 10.4. The summed E-state index contributed by atoms with van der Waals surface area (Å²) in [6.45, 7) is 14.5. The van der Waals surface area contributed by atoms with E-state index in [0.29, 0.717) is 12.8 Å². The maximum absolute atomic E-state index is 12.1. The quantitative estimate of drug-likeness (QED) is 0.254. The number of rotatable bonds is 7. The maximum Gasteiger partial charge on any atom is 0.305 e. The number of allylic oxidation sites excluding steroid dienone is 2. The normalized spacial score (nSPS) is 30.2. The van der Waals surface area contributed by atoms with Crippen LogP contribution in [0.3, 0.4) is 0 Å². The molecule has 0 aromatic heterocycles. The van der Waals surface area contributed by atoms with Crippen molar-refractivity contribution in [1.29, 1.82) is 0 Å². The molecule has 0 aliphatic heterocycles. The van der Waals surface area contributed by atoms with Crippen LogP contribution in [0.1, 0.15) is 87.5 Å². The number of fused-ring (bicyclic) bond motifs is 1. The Morgan fingerprint density at radius 2 is 1.64 bits per heavy atom. The highest BCUT2D eigenvalue weighted by atomic mass is 16.6. The Kier molecular flexibility index (Phi) is 8.55. The van der Waals surface area contributed by atoms with Crippen LogP contribution in [-0.4, -0.2) is 41.5 Å². The van der Waals surface area contributed by atoms with Crippen molar-refractivity contribution < 1.29 is 33.7 Å². The summed E-state index contributed by atoms with van der Waals surface area (Å²) < 4.78 is 16.4. The molecule has 0 amide bonds. The van der Waals surface area contributed by atoms with E-state index in [1.54, 1.807) is 0 Å². The minimum absolute atomic E-state index is 0.0124. The average molecular weight is 465 g/mol. The van der Waals surface area contributed by atoms with Gasteiger partial charge in [-0.2, -0.15) is 0 Å². The molecule has 0 bridgehead atoms. The van der Waals surface area contributed by atoms with Crippen LogP contribution in [0.25, 0.3) is 0 Å². The third-order valence-electron chi connectivity index (χ3n) is 7.34. The van der Waals surface area contributed by atoms with Gasteiger partial charge in [-0.25, -0.2) is 0 Å². The number of esters is 3. The van der Waals surface area contributed by atoms with Crippen molar-refractivity contribution in [3.05, 3.63) is 22.8 Å². The Bertz CT molecular complexity index is 838. The Morgan fingerprint density at radius 3 is 2.18 bits per heavy atom. The van der Waals surface area contributed by atoms with Gasteiger partial charge in [-0.15, -0.1) is 0 Å². The van der Waals surface area contributed by atoms with Crippen LogP contribution in [0.15, 0.2) is 22.8 Å². The number of aliphatic hydroxyl groups is 1. The zero-order valence-corrected chi connectivity index (χ0v) is 21.3. The molecule has 2 aliphatic carbocycles. The summed E-state index contributed by atoms with van der Waals surface area (Å²) in [5.74, 6) is -1.34. The lowest BCUT2D eigenvalue weighted by Crippen LogP contribution is -2.58. The summed E-state index contributed by atoms with van der Waals surface area (Å²) in [6, 6.07) is 0. The van der Waals surface area contributed by atoms with E-state index >= 15 is 0 Å². The zero-order valence-electron chi connectivity index (χ0n) is 21.3. The van der Waals surface area contributed by atoms with Crippen LogP contribution < -0.4 is 0 Å². The largest absolute Gasteiger partial charge is 0.458 e. The molecule has 2 rings (SSSR count). The van der Waals surface area contributed by atoms with Gasteiger partial charge in [0.05, 0.1) is 0 Å². The molecule has 2 aliphatic rings. The molecule has 1 N–H and O–H groups in total. The van der Waals surface area contributed by atoms with Crippen LogP contribution in [0.5, 0.6) is 0 Å². The third-order valence-corrected chi connectivity index (χ3v) is 7.34. The number of carbonyl (C=O) groups excluding carboxylic acids is 3. The lowest BCUT2D eigenvalue weighted by atomic mass is 9.48. The highest BCUT2D eigenvalue weighted by Gasteiger charge is 2.59. The van der Waals surface area contributed by atoms with Crippen molar-refractivity contribution >= 4 is 17.9 Å². The van der Waals surface area contributed by atoms with Gasteiger partial charge in [0.25, 0.3) is 0 Å². The molecule has 33 heavy (non-hydrogen) atoms. The number of aliphatic hydroxyl groups excluding tert-OH is 1. The molecule has 0 heterocycles. The minimum Gasteiger partial charge on any atom is -0.458 e. The molecule has 0 spiro atoms. The maximum atomic E-state index is 12.1. The van der Waals surface area contributed by atoms with E-state index in [-0.39, 0.29) is 22.7 Å². The van der Waals surface area contributed by atoms with Crippen LogP contribution >= 0.6 is 0 Å². The highest BCUT2D eigenvalue weighted by Crippen LogP contribution is 2.61. The van der Waals surface area contributed by atoms with Gasteiger partial charge in [-0.05, 0) is 62.0 Å². The first-order chi connectivity index (χ1) is 15.2. The molecule has 0 aromatic rings. The number of ether oxygens (including phenoxy) is 3. The van der Waals surface area contributed by atoms with Crippen molar-refractivity contribution in [3.8, 4) is 0 Å². The second-order valence-electron chi connectivity index (χ2n) is 10.5. The van der Waals surface area contributed by atoms with Gasteiger partial charge in [0.15, 0.2) is 6.10 Å². The van der Waals surface area contributed by atoms with E-state index in [1.807, 2.05) is 13.8 Å². The Hall–Kier alpha value is -2.15. The summed E-state index contributed by atoms with van der Waals surface area (Å²) >= 11 is 0. The third kappa shape index (κ3) is 6.25. The van der Waals surface area contributed by atoms with E-state index in [0.717, 1.165) is 30.4 Å². The predicted molar refractivity (Wildman–Crippen MR) is 124 cm³/mol. The Labute approximate surface area is 197 Å². The molecule has 186 valence electrons. The average Bonchev–Trinajstić information content (AvgIpc) is 2.62. The van der Waals surface area contributed by atoms with Crippen LogP contribution in [0.2, 0.25) is 0 Å². The first-order valence-electron chi connectivity index (χ1n) is 11.8. The van der Waals surface area contributed by atoms with Crippen molar-refractivity contribution in [2.75, 3.05) is 0 Å². The fourth-order valence-corrected chi connectivity index (χ4v) is 6.27. The molecule has 7 nitrogen and oxygen atoms in total. The first-order valence-corrected chi connectivity index (χ1v) is 11.8. The fraction of sp³-hybridized carbons (Fsp3) is 0.731. The molecule has 0 radical (unpaired) electrons. The monoisotopic (exact) mass is 464 g/mol. The lowest BCUT2D eigenvalue weighted by molar-refractivity contribution is -0.184. The summed E-state index contributed by atoms with van der Waals surface area (Å²) in [6.07, 6.45) is 3.45. The Balaban J connectivity index is 2.49. The van der Waals surface area contributed by atoms with Crippen molar-refractivity contribution in [2.24, 2.45) is 16.7 Å².